The van der Waals surface area contributed by atoms with E-state index in [9.17, 15) is 34.0 Å². The molecule has 1 aliphatic carbocycles. The van der Waals surface area contributed by atoms with Gasteiger partial charge in [-0.1, -0.05) is 118 Å². The topological polar surface area (TPSA) is 190 Å². The van der Waals surface area contributed by atoms with Crippen LogP contribution >= 0.6 is 0 Å². The average Bonchev–Trinajstić information content (AvgIpc) is 3.28. The van der Waals surface area contributed by atoms with Crippen LogP contribution in [-0.4, -0.2) is 71.7 Å². The van der Waals surface area contributed by atoms with E-state index in [1.807, 2.05) is 61.5 Å². The standard InChI is InChI=1S/C49H62N4O10/c1-5-8-11-23-40(43(6-2)53(60)33-54)47(57)51-32-50-46(56)34(4)24-26-39(37-21-16-22-37)38-25-27-41(44(28-38)61-7-3)48(58)52-42(49(59)63-31-36-19-14-10-15-20-36)29-45(55)62-30-35-17-12-9-13-18-35/h9-10,12-15,17-20,24-28,33,37,40,42-43,60H,5-8,11,16,21-23,29-32H2,1-4H3,(H,50,56)(H,51,57)(H,52,58)/b34-24+,39-26+. The van der Waals surface area contributed by atoms with Crippen LogP contribution < -0.4 is 20.7 Å². The number of rotatable bonds is 26. The molecular formula is C49H62N4O10. The summed E-state index contributed by atoms with van der Waals surface area (Å²) in [6.07, 6.45) is 9.81. The number of esters is 2. The largest absolute Gasteiger partial charge is 0.493 e. The first-order chi connectivity index (χ1) is 30.5. The minimum absolute atomic E-state index is 0.00165. The van der Waals surface area contributed by atoms with E-state index in [1.54, 1.807) is 57.2 Å². The minimum atomic E-state index is -1.36. The number of hydrogen-bond donors (Lipinski definition) is 4. The van der Waals surface area contributed by atoms with Gasteiger partial charge in [0.1, 0.15) is 25.0 Å². The van der Waals surface area contributed by atoms with Gasteiger partial charge in [-0.3, -0.25) is 29.2 Å². The van der Waals surface area contributed by atoms with Gasteiger partial charge in [-0.2, -0.15) is 0 Å². The van der Waals surface area contributed by atoms with E-state index in [-0.39, 0.29) is 49.6 Å². The molecule has 0 radical (unpaired) electrons. The van der Waals surface area contributed by atoms with Crippen molar-refractivity contribution in [3.63, 3.8) is 0 Å². The van der Waals surface area contributed by atoms with E-state index in [4.69, 9.17) is 14.2 Å². The maximum atomic E-state index is 13.9. The number of amides is 4. The summed E-state index contributed by atoms with van der Waals surface area (Å²) < 4.78 is 16.9. The van der Waals surface area contributed by atoms with Crippen molar-refractivity contribution >= 4 is 41.6 Å². The molecule has 3 unspecified atom stereocenters. The van der Waals surface area contributed by atoms with Crippen molar-refractivity contribution in [3.05, 3.63) is 119 Å². The third-order valence-corrected chi connectivity index (χ3v) is 11.0. The molecule has 0 aliphatic heterocycles. The summed E-state index contributed by atoms with van der Waals surface area (Å²) in [5, 5.41) is 18.8. The molecule has 4 amide bonds. The molecule has 3 aromatic rings. The Hall–Kier alpha value is -6.28. The lowest BCUT2D eigenvalue weighted by Crippen LogP contribution is -2.47. The third-order valence-electron chi connectivity index (χ3n) is 11.0. The Morgan fingerprint density at radius 3 is 2.11 bits per heavy atom. The lowest BCUT2D eigenvalue weighted by Gasteiger charge is -2.29. The summed E-state index contributed by atoms with van der Waals surface area (Å²) in [6, 6.07) is 21.3. The van der Waals surface area contributed by atoms with Crippen LogP contribution in [0.5, 0.6) is 5.75 Å². The highest BCUT2D eigenvalue weighted by Gasteiger charge is 2.31. The first kappa shape index (κ1) is 49.4. The van der Waals surface area contributed by atoms with Gasteiger partial charge in [0.25, 0.3) is 5.91 Å². The van der Waals surface area contributed by atoms with E-state index in [0.29, 0.717) is 29.9 Å². The van der Waals surface area contributed by atoms with Crippen molar-refractivity contribution in [2.45, 2.75) is 111 Å². The Balaban J connectivity index is 1.48. The van der Waals surface area contributed by atoms with Crippen molar-refractivity contribution in [2.24, 2.45) is 11.8 Å². The quantitative estimate of drug-likeness (QED) is 0.00939. The molecule has 0 bridgehead atoms. The zero-order valence-electron chi connectivity index (χ0n) is 36.8. The van der Waals surface area contributed by atoms with Crippen LogP contribution in [0.4, 0.5) is 0 Å². The SMILES string of the molecule is CCCCCC(C(=O)NCNC(=O)/C(C)=C/C=C(/c1ccc(C(=O)NC(CC(=O)OCc2ccccc2)C(=O)OCc2ccccc2)c(OCC)c1)C1CCC1)C(CC)N(O)C=O. The second kappa shape index (κ2) is 26.3. The number of hydroxylamine groups is 2. The molecule has 1 saturated carbocycles. The van der Waals surface area contributed by atoms with Crippen molar-refractivity contribution in [2.75, 3.05) is 13.3 Å². The fourth-order valence-corrected chi connectivity index (χ4v) is 7.19. The molecule has 1 aliphatic rings. The summed E-state index contributed by atoms with van der Waals surface area (Å²) in [5.74, 6) is -3.08. The first-order valence-electron chi connectivity index (χ1n) is 21.8. The van der Waals surface area contributed by atoms with Crippen molar-refractivity contribution < 1.29 is 48.2 Å². The predicted octanol–water partition coefficient (Wildman–Crippen LogP) is 7.20. The molecule has 3 atom stereocenters. The molecule has 63 heavy (non-hydrogen) atoms. The first-order valence-corrected chi connectivity index (χ1v) is 21.8. The van der Waals surface area contributed by atoms with Gasteiger partial charge in [-0.15, -0.1) is 0 Å². The van der Waals surface area contributed by atoms with Crippen LogP contribution in [0.3, 0.4) is 0 Å². The highest BCUT2D eigenvalue weighted by atomic mass is 16.5. The maximum Gasteiger partial charge on any atom is 0.329 e. The van der Waals surface area contributed by atoms with Gasteiger partial charge in [0, 0.05) is 5.57 Å². The van der Waals surface area contributed by atoms with Gasteiger partial charge in [0.15, 0.2) is 0 Å². The molecular weight excluding hydrogens is 805 g/mol. The molecule has 14 nitrogen and oxygen atoms in total. The van der Waals surface area contributed by atoms with Crippen LogP contribution in [0, 0.1) is 11.8 Å². The van der Waals surface area contributed by atoms with Gasteiger partial charge in [0.05, 0.1) is 37.2 Å². The number of nitrogens with zero attached hydrogens (tertiary/aromatic N) is 1. The van der Waals surface area contributed by atoms with Gasteiger partial charge < -0.3 is 30.2 Å². The molecule has 0 heterocycles. The van der Waals surface area contributed by atoms with Crippen LogP contribution in [0.15, 0.2) is 96.6 Å². The molecule has 0 aromatic heterocycles. The molecule has 0 saturated heterocycles. The van der Waals surface area contributed by atoms with Crippen molar-refractivity contribution in [1.29, 1.82) is 0 Å². The smallest absolute Gasteiger partial charge is 0.329 e. The van der Waals surface area contributed by atoms with Crippen molar-refractivity contribution in [1.82, 2.24) is 21.0 Å². The third kappa shape index (κ3) is 15.5. The van der Waals surface area contributed by atoms with Gasteiger partial charge in [-0.05, 0) is 79.8 Å². The number of carbonyl (C=O) groups excluding carboxylic acids is 6. The van der Waals surface area contributed by atoms with Crippen LogP contribution in [0.25, 0.3) is 5.57 Å². The molecule has 4 rings (SSSR count). The lowest BCUT2D eigenvalue weighted by molar-refractivity contribution is -0.168. The summed E-state index contributed by atoms with van der Waals surface area (Å²) in [7, 11) is 0. The Morgan fingerprint density at radius 2 is 1.52 bits per heavy atom. The Bertz CT molecular complexity index is 2030. The lowest BCUT2D eigenvalue weighted by atomic mass is 9.76. The molecule has 14 heteroatoms. The van der Waals surface area contributed by atoms with Crippen LogP contribution in [-0.2, 0) is 46.7 Å². The fourth-order valence-electron chi connectivity index (χ4n) is 7.19. The summed E-state index contributed by atoms with van der Waals surface area (Å²) in [4.78, 5) is 78.0. The number of benzene rings is 3. The van der Waals surface area contributed by atoms with Crippen LogP contribution in [0.2, 0.25) is 0 Å². The fraction of sp³-hybridized carbons (Fsp3) is 0.429. The van der Waals surface area contributed by atoms with E-state index in [0.717, 1.165) is 60.8 Å². The molecule has 1 fully saturated rings. The minimum Gasteiger partial charge on any atom is -0.493 e. The number of ether oxygens (including phenoxy) is 3. The molecule has 338 valence electrons. The zero-order valence-corrected chi connectivity index (χ0v) is 36.8. The van der Waals surface area contributed by atoms with E-state index < -0.39 is 48.2 Å². The number of allylic oxidation sites excluding steroid dienone is 3. The van der Waals surface area contributed by atoms with Gasteiger partial charge in [0.2, 0.25) is 18.2 Å². The number of hydrogen-bond acceptors (Lipinski definition) is 10. The summed E-state index contributed by atoms with van der Waals surface area (Å²) in [5.41, 5.74) is 3.78. The Labute approximate surface area is 370 Å². The molecule has 4 N–H and O–H groups in total. The predicted molar refractivity (Wildman–Crippen MR) is 238 cm³/mol. The normalized spacial score (nSPS) is 14.2. The number of unbranched alkanes of at least 4 members (excludes halogenated alkanes) is 2. The average molecular weight is 867 g/mol. The van der Waals surface area contributed by atoms with E-state index in [2.05, 4.69) is 16.0 Å². The zero-order chi connectivity index (χ0) is 45.6. The van der Waals surface area contributed by atoms with Gasteiger partial charge >= 0.3 is 11.9 Å². The highest BCUT2D eigenvalue weighted by Crippen LogP contribution is 2.40. The molecule has 3 aromatic carbocycles. The second-order valence-electron chi connectivity index (χ2n) is 15.5. The number of nitrogens with one attached hydrogen (secondary N) is 3. The number of carbonyl (C=O) groups is 6. The van der Waals surface area contributed by atoms with Gasteiger partial charge in [-0.25, -0.2) is 9.86 Å². The van der Waals surface area contributed by atoms with Crippen molar-refractivity contribution in [3.8, 4) is 5.75 Å². The van der Waals surface area contributed by atoms with Crippen LogP contribution in [0.1, 0.15) is 113 Å². The molecule has 0 spiro atoms. The second-order valence-corrected chi connectivity index (χ2v) is 15.5. The van der Waals surface area contributed by atoms with E-state index in [1.165, 1.54) is 0 Å². The summed E-state index contributed by atoms with van der Waals surface area (Å²) in [6.45, 7) is 7.34. The monoisotopic (exact) mass is 866 g/mol. The van der Waals surface area contributed by atoms with E-state index >= 15 is 0 Å². The Morgan fingerprint density at radius 1 is 0.857 bits per heavy atom. The summed E-state index contributed by atoms with van der Waals surface area (Å²) >= 11 is 0. The Kier molecular flexibility index (Phi) is 20.6. The maximum absolute atomic E-state index is 13.9. The highest BCUT2D eigenvalue weighted by molar-refractivity contribution is 6.00.